The normalized spacial score (nSPS) is 14.6. The highest BCUT2D eigenvalue weighted by atomic mass is 32.1. The maximum atomic E-state index is 14.0. The van der Waals surface area contributed by atoms with E-state index in [-0.39, 0.29) is 16.9 Å². The number of methoxy groups -OCH3 is 1. The predicted molar refractivity (Wildman–Crippen MR) is 150 cm³/mol. The highest BCUT2D eigenvalue weighted by molar-refractivity contribution is 7.80. The largest absolute Gasteiger partial charge is 0.496 e. The first-order chi connectivity index (χ1) is 18.1. The second kappa shape index (κ2) is 9.98. The number of aromatic nitrogens is 1. The van der Waals surface area contributed by atoms with Crippen LogP contribution in [0.5, 0.6) is 5.75 Å². The average Bonchev–Trinajstić information content (AvgIpc) is 3.36. The molecule has 6 nitrogen and oxygen atoms in total. The minimum Gasteiger partial charge on any atom is -0.496 e. The summed E-state index contributed by atoms with van der Waals surface area (Å²) in [5.41, 5.74) is 14.3. The third-order valence-corrected chi connectivity index (χ3v) is 7.27. The van der Waals surface area contributed by atoms with Gasteiger partial charge in [0, 0.05) is 35.8 Å². The Morgan fingerprint density at radius 1 is 1.08 bits per heavy atom. The van der Waals surface area contributed by atoms with E-state index in [1.54, 1.807) is 11.0 Å². The zero-order chi connectivity index (χ0) is 27.2. The Hall–Kier alpha value is -3.52. The van der Waals surface area contributed by atoms with Gasteiger partial charge in [0.2, 0.25) is 0 Å². The van der Waals surface area contributed by atoms with E-state index >= 15 is 0 Å². The van der Waals surface area contributed by atoms with E-state index in [0.29, 0.717) is 24.5 Å². The highest BCUT2D eigenvalue weighted by Crippen LogP contribution is 2.43. The Labute approximate surface area is 228 Å². The number of rotatable bonds is 4. The van der Waals surface area contributed by atoms with Crippen LogP contribution in [0.1, 0.15) is 55.1 Å². The fourth-order valence-corrected chi connectivity index (χ4v) is 5.57. The van der Waals surface area contributed by atoms with Crippen molar-refractivity contribution in [2.24, 2.45) is 5.73 Å². The first-order valence-corrected chi connectivity index (χ1v) is 13.3. The summed E-state index contributed by atoms with van der Waals surface area (Å²) in [5.74, 6) is 0.0532. The summed E-state index contributed by atoms with van der Waals surface area (Å²) in [5, 5.41) is 0. The number of benzene rings is 2. The number of carbonyl (C=O) groups is 1. The SMILES string of the molecule is COc1cc(F)ccc1-c1c(C(N)=S)nc(-c2ccc3c(c2)CCN(C(=O)OC(C)(C)C)C3)c2c1CCC2. The van der Waals surface area contributed by atoms with Crippen molar-refractivity contribution in [1.82, 2.24) is 9.88 Å². The number of nitrogens with zero attached hydrogens (tertiary/aromatic N) is 2. The van der Waals surface area contributed by atoms with Crippen LogP contribution < -0.4 is 10.5 Å². The van der Waals surface area contributed by atoms with Crippen molar-refractivity contribution >= 4 is 23.3 Å². The molecule has 0 unspecified atom stereocenters. The Kier molecular flexibility index (Phi) is 6.86. The zero-order valence-corrected chi connectivity index (χ0v) is 23.0. The molecule has 198 valence electrons. The van der Waals surface area contributed by atoms with Gasteiger partial charge in [-0.25, -0.2) is 14.2 Å². The maximum absolute atomic E-state index is 14.0. The van der Waals surface area contributed by atoms with E-state index in [0.717, 1.165) is 64.8 Å². The molecule has 0 atom stereocenters. The lowest BCUT2D eigenvalue weighted by Crippen LogP contribution is -2.39. The Morgan fingerprint density at radius 3 is 2.55 bits per heavy atom. The van der Waals surface area contributed by atoms with Crippen LogP contribution in [0.3, 0.4) is 0 Å². The number of amides is 1. The van der Waals surface area contributed by atoms with Crippen LogP contribution in [0.2, 0.25) is 0 Å². The van der Waals surface area contributed by atoms with Crippen molar-refractivity contribution in [2.45, 2.75) is 58.6 Å². The van der Waals surface area contributed by atoms with Crippen LogP contribution in [-0.4, -0.2) is 40.2 Å². The third-order valence-electron chi connectivity index (χ3n) is 7.08. The zero-order valence-electron chi connectivity index (χ0n) is 22.2. The monoisotopic (exact) mass is 533 g/mol. The van der Waals surface area contributed by atoms with Crippen molar-refractivity contribution in [3.05, 3.63) is 70.2 Å². The summed E-state index contributed by atoms with van der Waals surface area (Å²) in [4.78, 5) is 19.6. The standard InChI is InChI=1S/C30H32FN3O3S/c1-30(2,3)37-29(35)34-13-12-17-14-18(8-9-19(17)16-34)26-22-7-5-6-21(22)25(27(33-26)28(32)38)23-11-10-20(31)15-24(23)36-4/h8-11,14-15H,5-7,12-13,16H2,1-4H3,(H2,32,38). The molecule has 8 heteroatoms. The number of halogens is 1. The summed E-state index contributed by atoms with van der Waals surface area (Å²) < 4.78 is 25.1. The number of hydrogen-bond donors (Lipinski definition) is 1. The molecule has 1 amide bonds. The molecule has 3 aromatic rings. The third kappa shape index (κ3) is 4.97. The number of fused-ring (bicyclic) bond motifs is 2. The summed E-state index contributed by atoms with van der Waals surface area (Å²) in [6.07, 6.45) is 3.16. The van der Waals surface area contributed by atoms with Gasteiger partial charge >= 0.3 is 6.09 Å². The van der Waals surface area contributed by atoms with E-state index in [1.165, 1.54) is 24.8 Å². The van der Waals surface area contributed by atoms with Gasteiger partial charge in [0.1, 0.15) is 27.9 Å². The molecule has 0 saturated heterocycles. The van der Waals surface area contributed by atoms with Crippen LogP contribution in [0.15, 0.2) is 36.4 Å². The Morgan fingerprint density at radius 2 is 1.84 bits per heavy atom. The van der Waals surface area contributed by atoms with Crippen LogP contribution in [-0.2, 0) is 30.5 Å². The molecule has 0 fully saturated rings. The van der Waals surface area contributed by atoms with Crippen molar-refractivity contribution in [1.29, 1.82) is 0 Å². The fraction of sp³-hybridized carbons (Fsp3) is 0.367. The van der Waals surface area contributed by atoms with Gasteiger partial charge in [-0.15, -0.1) is 0 Å². The lowest BCUT2D eigenvalue weighted by Gasteiger charge is -2.31. The highest BCUT2D eigenvalue weighted by Gasteiger charge is 2.29. The predicted octanol–water partition coefficient (Wildman–Crippen LogP) is 5.98. The summed E-state index contributed by atoms with van der Waals surface area (Å²) in [7, 11) is 1.53. The van der Waals surface area contributed by atoms with E-state index in [9.17, 15) is 9.18 Å². The van der Waals surface area contributed by atoms with Gasteiger partial charge in [0.25, 0.3) is 0 Å². The van der Waals surface area contributed by atoms with E-state index in [4.69, 9.17) is 32.4 Å². The number of nitrogens with two attached hydrogens (primary N) is 1. The number of ether oxygens (including phenoxy) is 2. The second-order valence-electron chi connectivity index (χ2n) is 10.8. The van der Waals surface area contributed by atoms with E-state index in [2.05, 4.69) is 18.2 Å². The van der Waals surface area contributed by atoms with E-state index in [1.807, 2.05) is 20.8 Å². The van der Waals surface area contributed by atoms with Crippen molar-refractivity contribution in [2.75, 3.05) is 13.7 Å². The molecule has 1 aliphatic heterocycles. The van der Waals surface area contributed by atoms with Crippen LogP contribution in [0.4, 0.5) is 9.18 Å². The van der Waals surface area contributed by atoms with Crippen LogP contribution >= 0.6 is 12.2 Å². The Bertz CT molecular complexity index is 1450. The van der Waals surface area contributed by atoms with Crippen LogP contribution in [0.25, 0.3) is 22.4 Å². The van der Waals surface area contributed by atoms with E-state index < -0.39 is 5.60 Å². The van der Waals surface area contributed by atoms with Crippen molar-refractivity contribution in [3.8, 4) is 28.1 Å². The molecule has 0 bridgehead atoms. The second-order valence-corrected chi connectivity index (χ2v) is 11.3. The summed E-state index contributed by atoms with van der Waals surface area (Å²) in [6.45, 7) is 6.73. The van der Waals surface area contributed by atoms with Gasteiger partial charge in [-0.2, -0.15) is 0 Å². The molecule has 2 aliphatic rings. The lowest BCUT2D eigenvalue weighted by molar-refractivity contribution is 0.0224. The summed E-state index contributed by atoms with van der Waals surface area (Å²) in [6, 6.07) is 10.8. The number of thiocarbonyl (C=S) groups is 1. The van der Waals surface area contributed by atoms with Gasteiger partial charge in [-0.05, 0) is 86.9 Å². The van der Waals surface area contributed by atoms with Crippen LogP contribution in [0, 0.1) is 5.82 Å². The quantitative estimate of drug-likeness (QED) is 0.416. The lowest BCUT2D eigenvalue weighted by atomic mass is 9.90. The molecule has 5 rings (SSSR count). The first kappa shape index (κ1) is 26.1. The molecule has 2 aromatic carbocycles. The van der Waals surface area contributed by atoms with Gasteiger partial charge in [-0.1, -0.05) is 24.4 Å². The van der Waals surface area contributed by atoms with Gasteiger partial charge in [-0.3, -0.25) is 0 Å². The van der Waals surface area contributed by atoms with Gasteiger partial charge in [0.05, 0.1) is 12.8 Å². The number of carbonyl (C=O) groups excluding carboxylic acids is 1. The number of pyridine rings is 1. The molecule has 2 heterocycles. The molecular formula is C30H32FN3O3S. The topological polar surface area (TPSA) is 77.7 Å². The average molecular weight is 534 g/mol. The maximum Gasteiger partial charge on any atom is 0.410 e. The molecular weight excluding hydrogens is 501 g/mol. The fourth-order valence-electron chi connectivity index (χ4n) is 5.42. The molecule has 0 saturated carbocycles. The minimum absolute atomic E-state index is 0.188. The molecule has 38 heavy (non-hydrogen) atoms. The smallest absolute Gasteiger partial charge is 0.410 e. The molecule has 0 radical (unpaired) electrons. The number of hydrogen-bond acceptors (Lipinski definition) is 5. The first-order valence-electron chi connectivity index (χ1n) is 12.9. The van der Waals surface area contributed by atoms with Gasteiger partial charge in [0.15, 0.2) is 0 Å². The van der Waals surface area contributed by atoms with Crippen molar-refractivity contribution < 1.29 is 18.7 Å². The summed E-state index contributed by atoms with van der Waals surface area (Å²) >= 11 is 5.46. The molecule has 1 aromatic heterocycles. The molecule has 1 aliphatic carbocycles. The Balaban J connectivity index is 1.56. The molecule has 2 N–H and O–H groups in total. The molecule has 0 spiro atoms. The van der Waals surface area contributed by atoms with Gasteiger partial charge < -0.3 is 20.1 Å². The minimum atomic E-state index is -0.529. The van der Waals surface area contributed by atoms with Crippen molar-refractivity contribution in [3.63, 3.8) is 0 Å².